The van der Waals surface area contributed by atoms with Gasteiger partial charge >= 0.3 is 0 Å². The van der Waals surface area contributed by atoms with Crippen LogP contribution in [0.4, 0.5) is 0 Å². The molecule has 0 fully saturated rings. The Kier molecular flexibility index (Phi) is 3.53. The smallest absolute Gasteiger partial charge is 0.216 e. The molecule has 0 aliphatic rings. The van der Waals surface area contributed by atoms with E-state index in [1.54, 1.807) is 13.8 Å². The van der Waals surface area contributed by atoms with Crippen molar-refractivity contribution in [2.24, 2.45) is 16.3 Å². The number of hydrogen-bond acceptors (Lipinski definition) is 3. The molecule has 0 spiro atoms. The van der Waals surface area contributed by atoms with E-state index in [9.17, 15) is 4.79 Å². The molecule has 12 heavy (non-hydrogen) atoms. The largest absolute Gasteiger partial charge is 0.409 e. The van der Waals surface area contributed by atoms with Gasteiger partial charge < -0.3 is 16.3 Å². The second kappa shape index (κ2) is 3.94. The highest BCUT2D eigenvalue weighted by molar-refractivity contribution is 5.86. The molecule has 0 aromatic rings. The maximum absolute atomic E-state index is 10.5. The summed E-state index contributed by atoms with van der Waals surface area (Å²) in [6.07, 6.45) is 0. The Balaban J connectivity index is 4.13. The van der Waals surface area contributed by atoms with Crippen molar-refractivity contribution >= 4 is 11.7 Å². The summed E-state index contributed by atoms with van der Waals surface area (Å²) < 4.78 is 0. The van der Waals surface area contributed by atoms with E-state index in [4.69, 9.17) is 10.9 Å². The summed E-state index contributed by atoms with van der Waals surface area (Å²) in [4.78, 5) is 10.5. The average molecular weight is 173 g/mol. The lowest BCUT2D eigenvalue weighted by Gasteiger charge is -2.22. The first-order valence-corrected chi connectivity index (χ1v) is 3.62. The molecule has 0 heterocycles. The van der Waals surface area contributed by atoms with Crippen LogP contribution in [-0.4, -0.2) is 23.5 Å². The molecule has 0 aliphatic heterocycles. The topological polar surface area (TPSA) is 87.7 Å². The van der Waals surface area contributed by atoms with E-state index >= 15 is 0 Å². The van der Waals surface area contributed by atoms with Gasteiger partial charge in [-0.15, -0.1) is 0 Å². The third kappa shape index (κ3) is 3.23. The van der Waals surface area contributed by atoms with Crippen LogP contribution in [0.5, 0.6) is 0 Å². The van der Waals surface area contributed by atoms with Crippen LogP contribution in [0.1, 0.15) is 20.8 Å². The Hall–Kier alpha value is -1.26. The summed E-state index contributed by atoms with van der Waals surface area (Å²) in [5.41, 5.74) is 4.87. The highest BCUT2D eigenvalue weighted by atomic mass is 16.4. The van der Waals surface area contributed by atoms with E-state index in [1.807, 2.05) is 0 Å². The summed E-state index contributed by atoms with van der Waals surface area (Å²) in [5, 5.41) is 13.9. The molecule has 0 bridgehead atoms. The number of amidine groups is 1. The first-order valence-electron chi connectivity index (χ1n) is 3.62. The van der Waals surface area contributed by atoms with Gasteiger partial charge in [0.1, 0.15) is 5.84 Å². The Morgan fingerprint density at radius 1 is 1.67 bits per heavy atom. The van der Waals surface area contributed by atoms with Gasteiger partial charge in [0.2, 0.25) is 5.91 Å². The van der Waals surface area contributed by atoms with Crippen LogP contribution in [0.15, 0.2) is 5.16 Å². The first-order chi connectivity index (χ1) is 5.40. The third-order valence-electron chi connectivity index (χ3n) is 1.58. The maximum atomic E-state index is 10.5. The summed E-state index contributed by atoms with van der Waals surface area (Å²) >= 11 is 0. The van der Waals surface area contributed by atoms with Gasteiger partial charge in [0.25, 0.3) is 0 Å². The van der Waals surface area contributed by atoms with Crippen molar-refractivity contribution in [2.45, 2.75) is 20.8 Å². The molecule has 0 aromatic heterocycles. The van der Waals surface area contributed by atoms with Crippen molar-refractivity contribution in [2.75, 3.05) is 6.54 Å². The van der Waals surface area contributed by atoms with Gasteiger partial charge in [0.05, 0.1) is 0 Å². The molecule has 70 valence electrons. The number of carbonyl (C=O) groups excluding carboxylic acids is 1. The lowest BCUT2D eigenvalue weighted by Crippen LogP contribution is -2.41. The van der Waals surface area contributed by atoms with Crippen LogP contribution in [0.2, 0.25) is 0 Å². The number of nitrogens with two attached hydrogens (primary N) is 1. The molecule has 0 aliphatic carbocycles. The maximum Gasteiger partial charge on any atom is 0.216 e. The highest BCUT2D eigenvalue weighted by Gasteiger charge is 2.23. The van der Waals surface area contributed by atoms with Crippen LogP contribution in [0, 0.1) is 5.41 Å². The summed E-state index contributed by atoms with van der Waals surface area (Å²) in [5.74, 6) is -0.0231. The summed E-state index contributed by atoms with van der Waals surface area (Å²) in [7, 11) is 0. The first kappa shape index (κ1) is 10.7. The van der Waals surface area contributed by atoms with E-state index in [0.29, 0.717) is 6.54 Å². The van der Waals surface area contributed by atoms with E-state index in [1.165, 1.54) is 6.92 Å². The van der Waals surface area contributed by atoms with Gasteiger partial charge in [-0.2, -0.15) is 0 Å². The standard InChI is InChI=1S/C7H15N3O2/c1-5(11)9-4-7(2,3)6(8)10-12/h12H,4H2,1-3H3,(H2,8,10)(H,9,11). The van der Waals surface area contributed by atoms with Crippen LogP contribution in [-0.2, 0) is 4.79 Å². The number of oxime groups is 1. The lowest BCUT2D eigenvalue weighted by molar-refractivity contribution is -0.119. The van der Waals surface area contributed by atoms with Crippen molar-refractivity contribution < 1.29 is 10.0 Å². The van der Waals surface area contributed by atoms with Gasteiger partial charge in [-0.05, 0) is 0 Å². The molecule has 4 N–H and O–H groups in total. The molecule has 5 heteroatoms. The van der Waals surface area contributed by atoms with Gasteiger partial charge in [0, 0.05) is 18.9 Å². The molecule has 0 saturated heterocycles. The lowest BCUT2D eigenvalue weighted by atomic mass is 9.92. The summed E-state index contributed by atoms with van der Waals surface area (Å²) in [6, 6.07) is 0. The minimum absolute atomic E-state index is 0.108. The highest BCUT2D eigenvalue weighted by Crippen LogP contribution is 2.12. The van der Waals surface area contributed by atoms with E-state index in [-0.39, 0.29) is 11.7 Å². The normalized spacial score (nSPS) is 12.8. The molecule has 0 unspecified atom stereocenters. The van der Waals surface area contributed by atoms with Crippen LogP contribution in [0.25, 0.3) is 0 Å². The Morgan fingerprint density at radius 3 is 2.50 bits per heavy atom. The van der Waals surface area contributed by atoms with Crippen molar-refractivity contribution in [1.82, 2.24) is 5.32 Å². The predicted molar refractivity (Wildman–Crippen MR) is 45.9 cm³/mol. The van der Waals surface area contributed by atoms with E-state index < -0.39 is 5.41 Å². The van der Waals surface area contributed by atoms with Crippen molar-refractivity contribution in [1.29, 1.82) is 0 Å². The molecule has 0 saturated carbocycles. The number of nitrogens with one attached hydrogen (secondary N) is 1. The zero-order valence-electron chi connectivity index (χ0n) is 7.59. The second-order valence-electron chi connectivity index (χ2n) is 3.28. The Bertz CT molecular complexity index is 199. The quantitative estimate of drug-likeness (QED) is 0.241. The van der Waals surface area contributed by atoms with E-state index in [0.717, 1.165) is 0 Å². The minimum atomic E-state index is -0.513. The van der Waals surface area contributed by atoms with Gasteiger partial charge in [-0.1, -0.05) is 19.0 Å². The molecule has 0 radical (unpaired) electrons. The van der Waals surface area contributed by atoms with Crippen molar-refractivity contribution in [3.8, 4) is 0 Å². The number of nitrogens with zero attached hydrogens (tertiary/aromatic N) is 1. The Labute approximate surface area is 71.6 Å². The van der Waals surface area contributed by atoms with Gasteiger partial charge in [0.15, 0.2) is 0 Å². The number of rotatable bonds is 3. The van der Waals surface area contributed by atoms with E-state index in [2.05, 4.69) is 10.5 Å². The van der Waals surface area contributed by atoms with Crippen LogP contribution in [0.3, 0.4) is 0 Å². The fourth-order valence-corrected chi connectivity index (χ4v) is 0.571. The summed E-state index contributed by atoms with van der Waals surface area (Å²) in [6.45, 7) is 5.33. The zero-order chi connectivity index (χ0) is 9.78. The molecule has 0 aromatic carbocycles. The number of carbonyl (C=O) groups is 1. The molecule has 0 rings (SSSR count). The van der Waals surface area contributed by atoms with Crippen LogP contribution < -0.4 is 11.1 Å². The van der Waals surface area contributed by atoms with Crippen molar-refractivity contribution in [3.05, 3.63) is 0 Å². The zero-order valence-corrected chi connectivity index (χ0v) is 7.59. The predicted octanol–water partition coefficient (Wildman–Crippen LogP) is -0.105. The SMILES string of the molecule is CC(=O)NCC(C)(C)C(N)=NO. The van der Waals surface area contributed by atoms with Gasteiger partial charge in [-0.3, -0.25) is 4.79 Å². The fraction of sp³-hybridized carbons (Fsp3) is 0.714. The second-order valence-corrected chi connectivity index (χ2v) is 3.28. The molecular formula is C7H15N3O2. The number of amides is 1. The molecule has 5 nitrogen and oxygen atoms in total. The molecule has 0 atom stereocenters. The van der Waals surface area contributed by atoms with Crippen LogP contribution >= 0.6 is 0 Å². The number of hydrogen-bond donors (Lipinski definition) is 3. The average Bonchev–Trinajstić information content (AvgIpc) is 1.99. The fourth-order valence-electron chi connectivity index (χ4n) is 0.571. The Morgan fingerprint density at radius 2 is 2.17 bits per heavy atom. The molecule has 1 amide bonds. The van der Waals surface area contributed by atoms with Crippen molar-refractivity contribution in [3.63, 3.8) is 0 Å². The molecular weight excluding hydrogens is 158 g/mol. The van der Waals surface area contributed by atoms with Gasteiger partial charge in [-0.25, -0.2) is 0 Å². The minimum Gasteiger partial charge on any atom is -0.409 e. The third-order valence-corrected chi connectivity index (χ3v) is 1.58. The monoisotopic (exact) mass is 173 g/mol.